The van der Waals surface area contributed by atoms with Gasteiger partial charge in [0.1, 0.15) is 5.52 Å². The van der Waals surface area contributed by atoms with Crippen LogP contribution in [0.2, 0.25) is 0 Å². The first-order valence-corrected chi connectivity index (χ1v) is 4.94. The summed E-state index contributed by atoms with van der Waals surface area (Å²) >= 11 is 0. The van der Waals surface area contributed by atoms with Crippen LogP contribution >= 0.6 is 0 Å². The molecule has 2 aromatic heterocycles. The second kappa shape index (κ2) is 4.09. The van der Waals surface area contributed by atoms with Crippen LogP contribution in [0.25, 0.3) is 5.52 Å². The molecule has 0 radical (unpaired) electrons. The lowest BCUT2D eigenvalue weighted by molar-refractivity contribution is 0.829. The van der Waals surface area contributed by atoms with E-state index in [1.165, 1.54) is 6.42 Å². The van der Waals surface area contributed by atoms with E-state index in [1.807, 2.05) is 16.8 Å². The van der Waals surface area contributed by atoms with Gasteiger partial charge in [0.2, 0.25) is 0 Å². The summed E-state index contributed by atoms with van der Waals surface area (Å²) in [4.78, 5) is 4.28. The SMILES string of the molecule is CCCCNc1nccn2nccc12. The van der Waals surface area contributed by atoms with Crippen LogP contribution in [0, 0.1) is 0 Å². The highest BCUT2D eigenvalue weighted by Crippen LogP contribution is 2.11. The Balaban J connectivity index is 2.19. The molecule has 0 aromatic carbocycles. The zero-order chi connectivity index (χ0) is 9.80. The van der Waals surface area contributed by atoms with Crippen LogP contribution in [0.1, 0.15) is 19.8 Å². The Labute approximate surface area is 83.0 Å². The van der Waals surface area contributed by atoms with E-state index in [1.54, 1.807) is 12.4 Å². The van der Waals surface area contributed by atoms with Crippen molar-refractivity contribution in [3.8, 4) is 0 Å². The molecule has 2 aromatic rings. The summed E-state index contributed by atoms with van der Waals surface area (Å²) in [5.74, 6) is 0.915. The van der Waals surface area contributed by atoms with Gasteiger partial charge in [-0.05, 0) is 12.5 Å². The topological polar surface area (TPSA) is 42.2 Å². The summed E-state index contributed by atoms with van der Waals surface area (Å²) in [6.45, 7) is 3.14. The number of nitrogens with one attached hydrogen (secondary N) is 1. The maximum Gasteiger partial charge on any atom is 0.152 e. The number of anilines is 1. The molecule has 0 saturated carbocycles. The van der Waals surface area contributed by atoms with Crippen molar-refractivity contribution < 1.29 is 0 Å². The summed E-state index contributed by atoms with van der Waals surface area (Å²) in [5, 5.41) is 7.45. The van der Waals surface area contributed by atoms with Gasteiger partial charge in [0.25, 0.3) is 0 Å². The van der Waals surface area contributed by atoms with Gasteiger partial charge in [-0.1, -0.05) is 13.3 Å². The smallest absolute Gasteiger partial charge is 0.152 e. The van der Waals surface area contributed by atoms with E-state index in [4.69, 9.17) is 0 Å². The molecule has 1 N–H and O–H groups in total. The van der Waals surface area contributed by atoms with Gasteiger partial charge in [-0.25, -0.2) is 9.50 Å². The highest BCUT2D eigenvalue weighted by molar-refractivity contribution is 5.66. The number of rotatable bonds is 4. The first kappa shape index (κ1) is 8.99. The number of unbranched alkanes of at least 4 members (excludes halogenated alkanes) is 1. The fourth-order valence-electron chi connectivity index (χ4n) is 1.38. The molecule has 0 saturated heterocycles. The van der Waals surface area contributed by atoms with Crippen molar-refractivity contribution in [2.75, 3.05) is 11.9 Å². The minimum atomic E-state index is 0.915. The number of nitrogens with zero attached hydrogens (tertiary/aromatic N) is 3. The number of aromatic nitrogens is 3. The van der Waals surface area contributed by atoms with E-state index in [9.17, 15) is 0 Å². The average molecular weight is 190 g/mol. The Hall–Kier alpha value is -1.58. The third-order valence-corrected chi connectivity index (χ3v) is 2.15. The summed E-state index contributed by atoms with van der Waals surface area (Å²) < 4.78 is 1.82. The van der Waals surface area contributed by atoms with Gasteiger partial charge in [-0.3, -0.25) is 0 Å². The maximum absolute atomic E-state index is 4.28. The summed E-state index contributed by atoms with van der Waals surface area (Å²) in [7, 11) is 0. The fourth-order valence-corrected chi connectivity index (χ4v) is 1.38. The van der Waals surface area contributed by atoms with Gasteiger partial charge in [-0.2, -0.15) is 5.10 Å². The molecule has 0 aliphatic heterocycles. The molecule has 0 aliphatic carbocycles. The molecule has 14 heavy (non-hydrogen) atoms. The molecule has 0 aliphatic rings. The van der Waals surface area contributed by atoms with Crippen LogP contribution in [0.4, 0.5) is 5.82 Å². The van der Waals surface area contributed by atoms with E-state index < -0.39 is 0 Å². The predicted octanol–water partition coefficient (Wildman–Crippen LogP) is 1.94. The Bertz CT molecular complexity index is 407. The highest BCUT2D eigenvalue weighted by atomic mass is 15.2. The van der Waals surface area contributed by atoms with Crippen molar-refractivity contribution in [1.29, 1.82) is 0 Å². The van der Waals surface area contributed by atoms with Crippen molar-refractivity contribution in [2.45, 2.75) is 19.8 Å². The van der Waals surface area contributed by atoms with E-state index in [0.29, 0.717) is 0 Å². The van der Waals surface area contributed by atoms with Crippen molar-refractivity contribution in [3.63, 3.8) is 0 Å². The molecule has 2 heterocycles. The quantitative estimate of drug-likeness (QED) is 0.749. The molecule has 0 amide bonds. The Kier molecular flexibility index (Phi) is 2.62. The second-order valence-electron chi connectivity index (χ2n) is 3.22. The van der Waals surface area contributed by atoms with Gasteiger partial charge < -0.3 is 5.32 Å². The van der Waals surface area contributed by atoms with Gasteiger partial charge in [-0.15, -0.1) is 0 Å². The molecular formula is C10H14N4. The molecule has 2 rings (SSSR count). The highest BCUT2D eigenvalue weighted by Gasteiger charge is 2.00. The number of hydrogen-bond donors (Lipinski definition) is 1. The Morgan fingerprint density at radius 3 is 3.21 bits per heavy atom. The zero-order valence-corrected chi connectivity index (χ0v) is 8.27. The molecule has 0 spiro atoms. The molecular weight excluding hydrogens is 176 g/mol. The minimum Gasteiger partial charge on any atom is -0.368 e. The molecule has 4 nitrogen and oxygen atoms in total. The largest absolute Gasteiger partial charge is 0.368 e. The molecule has 4 heteroatoms. The van der Waals surface area contributed by atoms with E-state index >= 15 is 0 Å². The molecule has 74 valence electrons. The van der Waals surface area contributed by atoms with E-state index in [2.05, 4.69) is 22.3 Å². The van der Waals surface area contributed by atoms with Crippen LogP contribution in [0.5, 0.6) is 0 Å². The van der Waals surface area contributed by atoms with Crippen molar-refractivity contribution >= 4 is 11.3 Å². The lowest BCUT2D eigenvalue weighted by atomic mass is 10.3. The predicted molar refractivity (Wildman–Crippen MR) is 56.4 cm³/mol. The summed E-state index contributed by atoms with van der Waals surface area (Å²) in [5.41, 5.74) is 1.03. The van der Waals surface area contributed by atoms with Crippen LogP contribution < -0.4 is 5.32 Å². The normalized spacial score (nSPS) is 10.6. The van der Waals surface area contributed by atoms with Gasteiger partial charge in [0.05, 0.1) is 6.20 Å². The first-order chi connectivity index (χ1) is 6.92. The van der Waals surface area contributed by atoms with Gasteiger partial charge >= 0.3 is 0 Å². The third kappa shape index (κ3) is 1.69. The maximum atomic E-state index is 4.28. The molecule has 0 bridgehead atoms. The average Bonchev–Trinajstić information content (AvgIpc) is 2.67. The van der Waals surface area contributed by atoms with E-state index in [0.717, 1.165) is 24.3 Å². The summed E-state index contributed by atoms with van der Waals surface area (Å²) in [6, 6.07) is 1.96. The first-order valence-electron chi connectivity index (χ1n) is 4.94. The van der Waals surface area contributed by atoms with Gasteiger partial charge in [0, 0.05) is 18.9 Å². The molecule has 0 fully saturated rings. The van der Waals surface area contributed by atoms with Crippen LogP contribution in [-0.2, 0) is 0 Å². The third-order valence-electron chi connectivity index (χ3n) is 2.15. The lowest BCUT2D eigenvalue weighted by Gasteiger charge is -2.05. The van der Waals surface area contributed by atoms with Crippen LogP contribution in [0.15, 0.2) is 24.7 Å². The Morgan fingerprint density at radius 1 is 1.43 bits per heavy atom. The van der Waals surface area contributed by atoms with Crippen molar-refractivity contribution in [2.24, 2.45) is 0 Å². The minimum absolute atomic E-state index is 0.915. The van der Waals surface area contributed by atoms with Crippen LogP contribution in [-0.4, -0.2) is 21.1 Å². The monoisotopic (exact) mass is 190 g/mol. The Morgan fingerprint density at radius 2 is 2.36 bits per heavy atom. The fraction of sp³-hybridized carbons (Fsp3) is 0.400. The van der Waals surface area contributed by atoms with Gasteiger partial charge in [0.15, 0.2) is 5.82 Å². The van der Waals surface area contributed by atoms with Crippen LogP contribution in [0.3, 0.4) is 0 Å². The number of fused-ring (bicyclic) bond motifs is 1. The second-order valence-corrected chi connectivity index (χ2v) is 3.22. The van der Waals surface area contributed by atoms with Crippen molar-refractivity contribution in [3.05, 3.63) is 24.7 Å². The zero-order valence-electron chi connectivity index (χ0n) is 8.27. The standard InChI is InChI=1S/C10H14N4/c1-2-3-5-11-10-9-4-6-13-14(9)8-7-12-10/h4,6-8H,2-3,5H2,1H3,(H,11,12). The lowest BCUT2D eigenvalue weighted by Crippen LogP contribution is -2.04. The molecule has 0 atom stereocenters. The molecule has 0 unspecified atom stereocenters. The van der Waals surface area contributed by atoms with Crippen molar-refractivity contribution in [1.82, 2.24) is 14.6 Å². The number of hydrogen-bond acceptors (Lipinski definition) is 3. The van der Waals surface area contributed by atoms with E-state index in [-0.39, 0.29) is 0 Å². The summed E-state index contributed by atoms with van der Waals surface area (Å²) in [6.07, 6.45) is 7.74.